The first-order valence-corrected chi connectivity index (χ1v) is 8.77. The zero-order valence-electron chi connectivity index (χ0n) is 13.2. The Bertz CT molecular complexity index is 912. The number of nitrogens with one attached hydrogen (secondary N) is 1. The third-order valence-electron chi connectivity index (χ3n) is 4.17. The Morgan fingerprint density at radius 2 is 2.17 bits per heavy atom. The van der Waals surface area contributed by atoms with Crippen LogP contribution in [0, 0.1) is 0 Å². The number of aromatic nitrogens is 2. The van der Waals surface area contributed by atoms with Crippen molar-refractivity contribution in [3.8, 4) is 5.75 Å². The number of ether oxygens (including phenoxy) is 1. The number of anilines is 1. The van der Waals surface area contributed by atoms with Gasteiger partial charge in [-0.25, -0.2) is 4.98 Å². The summed E-state index contributed by atoms with van der Waals surface area (Å²) < 4.78 is 6.95. The highest BCUT2D eigenvalue weighted by Gasteiger charge is 2.43. The smallest absolute Gasteiger partial charge is 0.184 e. The first-order valence-electron chi connectivity index (χ1n) is 7.58. The van der Waals surface area contributed by atoms with Gasteiger partial charge >= 0.3 is 0 Å². The van der Waals surface area contributed by atoms with Crippen LogP contribution in [0.5, 0.6) is 5.75 Å². The van der Waals surface area contributed by atoms with Crippen LogP contribution >= 0.6 is 22.9 Å². The van der Waals surface area contributed by atoms with Crippen LogP contribution in [0.2, 0.25) is 5.02 Å². The van der Waals surface area contributed by atoms with E-state index in [0.717, 1.165) is 26.7 Å². The Morgan fingerprint density at radius 1 is 1.33 bits per heavy atom. The maximum atomic E-state index is 10.8. The number of halogens is 1. The fourth-order valence-corrected chi connectivity index (χ4v) is 3.94. The predicted octanol–water partition coefficient (Wildman–Crippen LogP) is 4.03. The molecule has 2 N–H and O–H groups in total. The molecule has 0 fully saturated rings. The largest absolute Gasteiger partial charge is 0.485 e. The van der Waals surface area contributed by atoms with Crippen LogP contribution in [0.15, 0.2) is 36.7 Å². The molecule has 3 heterocycles. The minimum atomic E-state index is -0.746. The molecule has 4 rings (SSSR count). The first kappa shape index (κ1) is 15.6. The molecule has 0 spiro atoms. The van der Waals surface area contributed by atoms with Crippen LogP contribution in [0.4, 0.5) is 5.13 Å². The SMILES string of the molecule is CC1(C)Oc2ccncc2C(Nc2nc3cc(Cl)ccc3s2)C1O. The van der Waals surface area contributed by atoms with Crippen molar-refractivity contribution >= 4 is 38.3 Å². The van der Waals surface area contributed by atoms with Crippen molar-refractivity contribution in [2.24, 2.45) is 0 Å². The van der Waals surface area contributed by atoms with Gasteiger partial charge in [0.15, 0.2) is 5.13 Å². The molecule has 0 aliphatic carbocycles. The molecule has 124 valence electrons. The van der Waals surface area contributed by atoms with Crippen LogP contribution in [-0.4, -0.2) is 26.8 Å². The number of thiazole rings is 1. The van der Waals surface area contributed by atoms with Gasteiger partial charge in [-0.2, -0.15) is 0 Å². The maximum Gasteiger partial charge on any atom is 0.184 e. The first-order chi connectivity index (χ1) is 11.4. The standard InChI is InChI=1S/C17H16ClN3O2S/c1-17(2)15(22)14(10-8-19-6-5-12(10)23-17)21-16-20-11-7-9(18)3-4-13(11)24-16/h3-8,14-15,22H,1-2H3,(H,20,21). The molecule has 0 radical (unpaired) electrons. The summed E-state index contributed by atoms with van der Waals surface area (Å²) in [6, 6.07) is 7.08. The van der Waals surface area contributed by atoms with Crippen molar-refractivity contribution in [1.82, 2.24) is 9.97 Å². The van der Waals surface area contributed by atoms with Crippen molar-refractivity contribution < 1.29 is 9.84 Å². The van der Waals surface area contributed by atoms with Gasteiger partial charge in [-0.1, -0.05) is 22.9 Å². The molecule has 2 atom stereocenters. The van der Waals surface area contributed by atoms with Gasteiger partial charge in [0.25, 0.3) is 0 Å². The molecular weight excluding hydrogens is 346 g/mol. The lowest BCUT2D eigenvalue weighted by Gasteiger charge is -2.41. The van der Waals surface area contributed by atoms with Gasteiger partial charge in [-0.3, -0.25) is 4.98 Å². The molecule has 0 saturated carbocycles. The highest BCUT2D eigenvalue weighted by Crippen LogP contribution is 2.41. The van der Waals surface area contributed by atoms with Gasteiger partial charge in [0, 0.05) is 23.0 Å². The lowest BCUT2D eigenvalue weighted by Crippen LogP contribution is -2.50. The van der Waals surface area contributed by atoms with Crippen LogP contribution in [0.25, 0.3) is 10.2 Å². The second-order valence-electron chi connectivity index (χ2n) is 6.32. The predicted molar refractivity (Wildman–Crippen MR) is 95.9 cm³/mol. The van der Waals surface area contributed by atoms with Crippen molar-refractivity contribution in [2.45, 2.75) is 31.6 Å². The van der Waals surface area contributed by atoms with Crippen molar-refractivity contribution in [3.05, 3.63) is 47.2 Å². The highest BCUT2D eigenvalue weighted by molar-refractivity contribution is 7.22. The van der Waals surface area contributed by atoms with E-state index in [9.17, 15) is 5.11 Å². The van der Waals surface area contributed by atoms with E-state index >= 15 is 0 Å². The zero-order valence-corrected chi connectivity index (χ0v) is 14.7. The highest BCUT2D eigenvalue weighted by atomic mass is 35.5. The minimum absolute atomic E-state index is 0.353. The number of benzene rings is 1. The maximum absolute atomic E-state index is 10.8. The van der Waals surface area contributed by atoms with Crippen molar-refractivity contribution in [3.63, 3.8) is 0 Å². The summed E-state index contributed by atoms with van der Waals surface area (Å²) in [7, 11) is 0. The van der Waals surface area contributed by atoms with E-state index in [1.807, 2.05) is 38.1 Å². The van der Waals surface area contributed by atoms with E-state index in [0.29, 0.717) is 5.02 Å². The van der Waals surface area contributed by atoms with E-state index in [4.69, 9.17) is 16.3 Å². The molecule has 0 saturated heterocycles. The summed E-state index contributed by atoms with van der Waals surface area (Å²) in [5, 5.41) is 15.5. The average molecular weight is 362 g/mol. The molecule has 0 bridgehead atoms. The molecule has 0 amide bonds. The van der Waals surface area contributed by atoms with Gasteiger partial charge < -0.3 is 15.2 Å². The minimum Gasteiger partial charge on any atom is -0.485 e. The Labute approximate surface area is 148 Å². The molecule has 7 heteroatoms. The van der Waals surface area contributed by atoms with E-state index in [1.165, 1.54) is 11.3 Å². The molecule has 1 aliphatic heterocycles. The van der Waals surface area contributed by atoms with E-state index in [1.54, 1.807) is 12.4 Å². The van der Waals surface area contributed by atoms with E-state index in [2.05, 4.69) is 15.3 Å². The van der Waals surface area contributed by atoms with Gasteiger partial charge in [0.05, 0.1) is 16.3 Å². The normalized spacial score (nSPS) is 22.0. The average Bonchev–Trinajstić information content (AvgIpc) is 2.93. The lowest BCUT2D eigenvalue weighted by atomic mass is 9.87. The third kappa shape index (κ3) is 2.60. The van der Waals surface area contributed by atoms with Gasteiger partial charge in [0.2, 0.25) is 0 Å². The number of pyridine rings is 1. The van der Waals surface area contributed by atoms with Crippen LogP contribution in [0.1, 0.15) is 25.5 Å². The number of hydrogen-bond acceptors (Lipinski definition) is 6. The molecule has 1 aromatic carbocycles. The lowest BCUT2D eigenvalue weighted by molar-refractivity contribution is -0.0534. The summed E-state index contributed by atoms with van der Waals surface area (Å²) in [5.41, 5.74) is 0.940. The molecule has 3 aromatic rings. The van der Waals surface area contributed by atoms with Crippen molar-refractivity contribution in [2.75, 3.05) is 5.32 Å². The fourth-order valence-electron chi connectivity index (χ4n) is 2.89. The third-order valence-corrected chi connectivity index (χ3v) is 5.38. The second kappa shape index (κ2) is 5.58. The molecule has 24 heavy (non-hydrogen) atoms. The number of aliphatic hydroxyl groups excluding tert-OH is 1. The summed E-state index contributed by atoms with van der Waals surface area (Å²) in [4.78, 5) is 8.73. The molecule has 1 aliphatic rings. The van der Waals surface area contributed by atoms with Crippen LogP contribution < -0.4 is 10.1 Å². The van der Waals surface area contributed by atoms with Gasteiger partial charge in [-0.15, -0.1) is 0 Å². The summed E-state index contributed by atoms with van der Waals surface area (Å²) >= 11 is 7.55. The monoisotopic (exact) mass is 361 g/mol. The van der Waals surface area contributed by atoms with Gasteiger partial charge in [-0.05, 0) is 38.1 Å². The van der Waals surface area contributed by atoms with E-state index in [-0.39, 0.29) is 6.04 Å². The fraction of sp³-hybridized carbons (Fsp3) is 0.294. The molecular formula is C17H16ClN3O2S. The number of fused-ring (bicyclic) bond motifs is 2. The van der Waals surface area contributed by atoms with Crippen LogP contribution in [0.3, 0.4) is 0 Å². The Morgan fingerprint density at radius 3 is 3.00 bits per heavy atom. The van der Waals surface area contributed by atoms with E-state index < -0.39 is 11.7 Å². The Hall–Kier alpha value is -1.89. The number of nitrogens with zero attached hydrogens (tertiary/aromatic N) is 2. The number of rotatable bonds is 2. The summed E-state index contributed by atoms with van der Waals surface area (Å²) in [6.45, 7) is 3.74. The number of aliphatic hydroxyl groups is 1. The Balaban J connectivity index is 1.73. The van der Waals surface area contributed by atoms with Gasteiger partial charge in [0.1, 0.15) is 17.5 Å². The van der Waals surface area contributed by atoms with Crippen molar-refractivity contribution in [1.29, 1.82) is 0 Å². The molecule has 2 aromatic heterocycles. The Kier molecular flexibility index (Phi) is 3.63. The molecule has 2 unspecified atom stereocenters. The summed E-state index contributed by atoms with van der Waals surface area (Å²) in [6.07, 6.45) is 2.66. The quantitative estimate of drug-likeness (QED) is 0.721. The summed E-state index contributed by atoms with van der Waals surface area (Å²) in [5.74, 6) is 0.724. The zero-order chi connectivity index (χ0) is 16.9. The second-order valence-corrected chi connectivity index (χ2v) is 7.78. The molecule has 5 nitrogen and oxygen atoms in total. The van der Waals surface area contributed by atoms with Crippen LogP contribution in [-0.2, 0) is 0 Å². The topological polar surface area (TPSA) is 67.3 Å². The number of hydrogen-bond donors (Lipinski definition) is 2.